The summed E-state index contributed by atoms with van der Waals surface area (Å²) in [5.74, 6) is -1.56. The van der Waals surface area contributed by atoms with E-state index in [1.54, 1.807) is 42.5 Å². The lowest BCUT2D eigenvalue weighted by atomic mass is 10.0. The van der Waals surface area contributed by atoms with Crippen molar-refractivity contribution < 1.29 is 22.4 Å². The van der Waals surface area contributed by atoms with Gasteiger partial charge in [0.15, 0.2) is 0 Å². The first-order valence-electron chi connectivity index (χ1n) is 12.1. The van der Waals surface area contributed by atoms with Crippen LogP contribution in [0, 0.1) is 9.39 Å². The number of halogens is 2. The van der Waals surface area contributed by atoms with E-state index in [4.69, 9.17) is 0 Å². The Hall–Kier alpha value is -2.99. The maximum Gasteiger partial charge on any atom is 0.244 e. The van der Waals surface area contributed by atoms with Gasteiger partial charge in [-0.2, -0.15) is 0 Å². The van der Waals surface area contributed by atoms with Crippen LogP contribution in [0.4, 0.5) is 10.1 Å². The number of nitrogens with one attached hydrogen (secondary N) is 1. The van der Waals surface area contributed by atoms with E-state index >= 15 is 0 Å². The van der Waals surface area contributed by atoms with E-state index < -0.39 is 40.2 Å². The van der Waals surface area contributed by atoms with Gasteiger partial charge in [-0.1, -0.05) is 48.5 Å². The zero-order valence-electron chi connectivity index (χ0n) is 21.5. The number of carbonyl (C=O) groups excluding carboxylic acids is 2. The minimum atomic E-state index is -3.86. The average molecular weight is 652 g/mol. The third-order valence-corrected chi connectivity index (χ3v) is 7.65. The van der Waals surface area contributed by atoms with Crippen molar-refractivity contribution >= 4 is 50.1 Å². The molecule has 38 heavy (non-hydrogen) atoms. The second-order valence-corrected chi connectivity index (χ2v) is 12.4. The molecule has 0 saturated carbocycles. The summed E-state index contributed by atoms with van der Waals surface area (Å²) in [6.07, 6.45) is 1.19. The molecule has 0 heterocycles. The third kappa shape index (κ3) is 8.26. The molecule has 0 bridgehead atoms. The van der Waals surface area contributed by atoms with Crippen molar-refractivity contribution in [3.8, 4) is 0 Å². The zero-order chi connectivity index (χ0) is 27.9. The number of hydrogen-bond donors (Lipinski definition) is 1. The van der Waals surface area contributed by atoms with Crippen LogP contribution in [0.3, 0.4) is 0 Å². The molecule has 3 aromatic carbocycles. The maximum absolute atomic E-state index is 14.7. The molecule has 3 rings (SSSR count). The highest BCUT2D eigenvalue weighted by atomic mass is 127. The first-order valence-corrected chi connectivity index (χ1v) is 15.0. The van der Waals surface area contributed by atoms with Crippen molar-refractivity contribution in [1.29, 1.82) is 0 Å². The van der Waals surface area contributed by atoms with Gasteiger partial charge in [0, 0.05) is 28.1 Å². The van der Waals surface area contributed by atoms with Gasteiger partial charge in [-0.3, -0.25) is 13.9 Å². The van der Waals surface area contributed by atoms with Crippen molar-refractivity contribution in [2.24, 2.45) is 0 Å². The minimum absolute atomic E-state index is 0.169. The third-order valence-electron chi connectivity index (χ3n) is 5.79. The van der Waals surface area contributed by atoms with Crippen molar-refractivity contribution in [1.82, 2.24) is 10.2 Å². The fourth-order valence-electron chi connectivity index (χ4n) is 3.97. The summed E-state index contributed by atoms with van der Waals surface area (Å²) < 4.78 is 42.1. The smallest absolute Gasteiger partial charge is 0.244 e. The molecule has 0 fully saturated rings. The molecule has 0 saturated heterocycles. The molecule has 3 aromatic rings. The molecule has 10 heteroatoms. The number of hydrogen-bond acceptors (Lipinski definition) is 4. The monoisotopic (exact) mass is 651 g/mol. The van der Waals surface area contributed by atoms with Crippen LogP contribution in [-0.4, -0.2) is 50.0 Å². The first kappa shape index (κ1) is 29.6. The number of sulfonamides is 1. The van der Waals surface area contributed by atoms with Crippen LogP contribution in [0.25, 0.3) is 0 Å². The van der Waals surface area contributed by atoms with Crippen molar-refractivity contribution in [3.63, 3.8) is 0 Å². The minimum Gasteiger partial charge on any atom is -0.352 e. The van der Waals surface area contributed by atoms with Crippen molar-refractivity contribution in [3.05, 3.63) is 99.4 Å². The summed E-state index contributed by atoms with van der Waals surface area (Å²) in [4.78, 5) is 28.6. The number of benzene rings is 3. The summed E-state index contributed by atoms with van der Waals surface area (Å²) in [5.41, 5.74) is 1.34. The summed E-state index contributed by atoms with van der Waals surface area (Å²) in [6.45, 7) is 2.86. The lowest BCUT2D eigenvalue weighted by molar-refractivity contribution is -0.140. The second kappa shape index (κ2) is 13.2. The Balaban J connectivity index is 2.06. The second-order valence-electron chi connectivity index (χ2n) is 9.23. The molecule has 7 nitrogen and oxygen atoms in total. The van der Waals surface area contributed by atoms with Crippen molar-refractivity contribution in [2.75, 3.05) is 17.1 Å². The van der Waals surface area contributed by atoms with E-state index in [-0.39, 0.29) is 24.6 Å². The van der Waals surface area contributed by atoms with Gasteiger partial charge in [-0.15, -0.1) is 0 Å². The van der Waals surface area contributed by atoms with Crippen LogP contribution in [0.1, 0.15) is 25.0 Å². The van der Waals surface area contributed by atoms with Gasteiger partial charge < -0.3 is 10.2 Å². The van der Waals surface area contributed by atoms with Gasteiger partial charge in [0.2, 0.25) is 21.8 Å². The number of anilines is 1. The van der Waals surface area contributed by atoms with Gasteiger partial charge in [-0.25, -0.2) is 12.8 Å². The fraction of sp³-hybridized carbons (Fsp3) is 0.286. The lowest BCUT2D eigenvalue weighted by Crippen LogP contribution is -2.54. The molecule has 202 valence electrons. The van der Waals surface area contributed by atoms with Gasteiger partial charge in [0.05, 0.1) is 11.9 Å². The van der Waals surface area contributed by atoms with Gasteiger partial charge in [0.1, 0.15) is 18.4 Å². The van der Waals surface area contributed by atoms with E-state index in [1.807, 2.05) is 44.2 Å². The Labute approximate surface area is 237 Å². The predicted molar refractivity (Wildman–Crippen MR) is 156 cm³/mol. The Morgan fingerprint density at radius 3 is 2.13 bits per heavy atom. The van der Waals surface area contributed by atoms with E-state index in [0.717, 1.165) is 19.7 Å². The normalized spacial score (nSPS) is 12.2. The standard InChI is InChI=1S/C28H31FIN3O4S/c1-20(2)31-28(35)26(17-21-9-5-4-6-10-21)32(18-22-11-7-8-12-25(22)29)27(34)19-33(38(3,36)37)24-15-13-23(30)14-16-24/h4-16,20,26H,17-19H2,1-3H3,(H,31,35). The SMILES string of the molecule is CC(C)NC(=O)C(Cc1ccccc1)N(Cc1ccccc1F)C(=O)CN(c1ccc(I)cc1)S(C)(=O)=O. The summed E-state index contributed by atoms with van der Waals surface area (Å²) in [6, 6.07) is 20.7. The molecule has 0 aliphatic rings. The lowest BCUT2D eigenvalue weighted by Gasteiger charge is -2.34. The number of nitrogens with zero attached hydrogens (tertiary/aromatic N) is 2. The first-order chi connectivity index (χ1) is 18.0. The largest absolute Gasteiger partial charge is 0.352 e. The molecule has 0 aromatic heterocycles. The van der Waals surface area contributed by atoms with Crippen LogP contribution < -0.4 is 9.62 Å². The highest BCUT2D eigenvalue weighted by molar-refractivity contribution is 14.1. The Morgan fingerprint density at radius 1 is 0.947 bits per heavy atom. The summed E-state index contributed by atoms with van der Waals surface area (Å²) in [5, 5.41) is 2.86. The van der Waals surface area contributed by atoms with Crippen LogP contribution >= 0.6 is 22.6 Å². The zero-order valence-corrected chi connectivity index (χ0v) is 24.4. The summed E-state index contributed by atoms with van der Waals surface area (Å²) in [7, 11) is -3.86. The quantitative estimate of drug-likeness (QED) is 0.313. The van der Waals surface area contributed by atoms with Crippen molar-refractivity contribution in [2.45, 2.75) is 38.9 Å². The molecule has 0 radical (unpaired) electrons. The number of rotatable bonds is 11. The Kier molecular flexibility index (Phi) is 10.3. The topological polar surface area (TPSA) is 86.8 Å². The van der Waals surface area contributed by atoms with Gasteiger partial charge in [-0.05, 0) is 72.3 Å². The van der Waals surface area contributed by atoms with Crippen LogP contribution in [0.15, 0.2) is 78.9 Å². The maximum atomic E-state index is 14.7. The average Bonchev–Trinajstić information content (AvgIpc) is 2.85. The van der Waals surface area contributed by atoms with E-state index in [0.29, 0.717) is 5.69 Å². The Morgan fingerprint density at radius 2 is 1.55 bits per heavy atom. The molecule has 0 aliphatic heterocycles. The fourth-order valence-corrected chi connectivity index (χ4v) is 5.18. The van der Waals surface area contributed by atoms with Gasteiger partial charge >= 0.3 is 0 Å². The molecule has 2 amide bonds. The molecule has 1 atom stereocenters. The number of carbonyl (C=O) groups is 2. The van der Waals surface area contributed by atoms with Crippen LogP contribution in [0.5, 0.6) is 0 Å². The molecule has 0 spiro atoms. The molecule has 1 unspecified atom stereocenters. The molecular weight excluding hydrogens is 620 g/mol. The van der Waals surface area contributed by atoms with E-state index in [2.05, 4.69) is 27.9 Å². The molecule has 1 N–H and O–H groups in total. The number of amides is 2. The highest BCUT2D eigenvalue weighted by Gasteiger charge is 2.33. The van der Waals surface area contributed by atoms with Crippen LogP contribution in [-0.2, 0) is 32.6 Å². The Bertz CT molecular complexity index is 1350. The molecular formula is C28H31FIN3O4S. The molecule has 0 aliphatic carbocycles. The predicted octanol–water partition coefficient (Wildman–Crippen LogP) is 4.36. The highest BCUT2D eigenvalue weighted by Crippen LogP contribution is 2.22. The van der Waals surface area contributed by atoms with Gasteiger partial charge in [0.25, 0.3) is 0 Å². The van der Waals surface area contributed by atoms with E-state index in [9.17, 15) is 22.4 Å². The van der Waals surface area contributed by atoms with E-state index in [1.165, 1.54) is 11.0 Å². The van der Waals surface area contributed by atoms with Crippen LogP contribution in [0.2, 0.25) is 0 Å². The summed E-state index contributed by atoms with van der Waals surface area (Å²) >= 11 is 2.10.